The Morgan fingerprint density at radius 1 is 1.16 bits per heavy atom. The average molecular weight is 426 g/mol. The molecule has 31 heavy (non-hydrogen) atoms. The maximum absolute atomic E-state index is 13.2. The van der Waals surface area contributed by atoms with Crippen LogP contribution in [-0.2, 0) is 5.54 Å². The molecule has 0 unspecified atom stereocenters. The summed E-state index contributed by atoms with van der Waals surface area (Å²) in [5.74, 6) is 1.46. The maximum Gasteiger partial charge on any atom is 0.253 e. The molecule has 9 heteroatoms. The Balaban J connectivity index is 1.87. The molecular weight excluding hydrogens is 394 g/mol. The van der Waals surface area contributed by atoms with Gasteiger partial charge >= 0.3 is 0 Å². The van der Waals surface area contributed by atoms with Gasteiger partial charge in [-0.2, -0.15) is 0 Å². The van der Waals surface area contributed by atoms with E-state index in [1.165, 1.54) is 0 Å². The van der Waals surface area contributed by atoms with Crippen LogP contribution in [0.25, 0.3) is 10.9 Å². The first-order chi connectivity index (χ1) is 14.8. The van der Waals surface area contributed by atoms with Gasteiger partial charge in [-0.25, -0.2) is 4.68 Å². The molecule has 3 aromatic rings. The van der Waals surface area contributed by atoms with E-state index in [1.54, 1.807) is 0 Å². The lowest BCUT2D eigenvalue weighted by atomic mass is 10.0. The number of hydrogen-bond donors (Lipinski definition) is 1. The highest BCUT2D eigenvalue weighted by atomic mass is 16.5. The van der Waals surface area contributed by atoms with Gasteiger partial charge in [0.2, 0.25) is 0 Å². The number of hydrogen-bond acceptors (Lipinski definition) is 7. The van der Waals surface area contributed by atoms with Crippen molar-refractivity contribution >= 4 is 10.9 Å². The molecule has 1 aliphatic rings. The van der Waals surface area contributed by atoms with E-state index in [4.69, 9.17) is 4.74 Å². The van der Waals surface area contributed by atoms with Crippen molar-refractivity contribution in [3.05, 3.63) is 46.0 Å². The number of piperazine rings is 1. The van der Waals surface area contributed by atoms with Crippen molar-refractivity contribution in [1.29, 1.82) is 0 Å². The van der Waals surface area contributed by atoms with Crippen LogP contribution >= 0.6 is 0 Å². The van der Waals surface area contributed by atoms with Gasteiger partial charge in [-0.15, -0.1) is 5.10 Å². The summed E-state index contributed by atoms with van der Waals surface area (Å²) in [6.45, 7) is 12.2. The Labute approximate surface area is 182 Å². The molecular formula is C22H31N7O2. The summed E-state index contributed by atoms with van der Waals surface area (Å²) in [4.78, 5) is 20.9. The van der Waals surface area contributed by atoms with Crippen LogP contribution in [0.2, 0.25) is 0 Å². The topological polar surface area (TPSA) is 92.2 Å². The van der Waals surface area contributed by atoms with Crippen molar-refractivity contribution in [2.45, 2.75) is 39.3 Å². The minimum absolute atomic E-state index is 0.121. The molecule has 4 rings (SSSR count). The highest BCUT2D eigenvalue weighted by Crippen LogP contribution is 2.30. The molecule has 0 amide bonds. The first-order valence-electron chi connectivity index (χ1n) is 10.8. The number of tetrazole rings is 1. The summed E-state index contributed by atoms with van der Waals surface area (Å²) in [6, 6.07) is 7.34. The zero-order valence-corrected chi connectivity index (χ0v) is 18.9. The molecule has 2 aromatic heterocycles. The summed E-state index contributed by atoms with van der Waals surface area (Å²) in [7, 11) is 2.11. The number of ether oxygens (including phenoxy) is 1. The zero-order valence-electron chi connectivity index (χ0n) is 18.9. The Morgan fingerprint density at radius 2 is 1.90 bits per heavy atom. The molecule has 1 aliphatic heterocycles. The van der Waals surface area contributed by atoms with E-state index in [2.05, 4.69) is 58.1 Å². The standard InChI is InChI=1S/C22H31N7O2/c1-6-31-16-7-8-18-15(13-16)14-17(21(30)23-18)19(28-11-9-27(5)10-12-28)20-24-25-26-29(20)22(2,3)4/h7-8,13-14,19H,6,9-12H2,1-5H3,(H,23,30)/t19-/m1/s1. The molecule has 9 nitrogen and oxygen atoms in total. The van der Waals surface area contributed by atoms with Crippen LogP contribution in [-0.4, -0.2) is 74.8 Å². The van der Waals surface area contributed by atoms with E-state index >= 15 is 0 Å². The van der Waals surface area contributed by atoms with Crippen molar-refractivity contribution in [3.8, 4) is 5.75 Å². The minimum atomic E-state index is -0.341. The third-order valence-corrected chi connectivity index (χ3v) is 5.73. The molecule has 166 valence electrons. The molecule has 0 bridgehead atoms. The lowest BCUT2D eigenvalue weighted by Gasteiger charge is -2.38. The quantitative estimate of drug-likeness (QED) is 0.668. The Bertz CT molecular complexity index is 1110. The molecule has 1 aromatic carbocycles. The van der Waals surface area contributed by atoms with Crippen LogP contribution in [0.4, 0.5) is 0 Å². The first-order valence-corrected chi connectivity index (χ1v) is 10.8. The molecule has 0 spiro atoms. The lowest BCUT2D eigenvalue weighted by Crippen LogP contribution is -2.48. The van der Waals surface area contributed by atoms with Crippen molar-refractivity contribution in [2.75, 3.05) is 39.8 Å². The smallest absolute Gasteiger partial charge is 0.253 e. The van der Waals surface area contributed by atoms with Gasteiger partial charge in [0.05, 0.1) is 12.1 Å². The fourth-order valence-electron chi connectivity index (χ4n) is 4.08. The molecule has 1 N–H and O–H groups in total. The molecule has 0 radical (unpaired) electrons. The number of likely N-dealkylation sites (N-methyl/N-ethyl adjacent to an activating group) is 1. The highest BCUT2D eigenvalue weighted by Gasteiger charge is 2.34. The summed E-state index contributed by atoms with van der Waals surface area (Å²) >= 11 is 0. The summed E-state index contributed by atoms with van der Waals surface area (Å²) < 4.78 is 7.49. The van der Waals surface area contributed by atoms with Crippen molar-refractivity contribution in [2.24, 2.45) is 0 Å². The summed E-state index contributed by atoms with van der Waals surface area (Å²) in [5, 5.41) is 13.5. The number of rotatable bonds is 5. The number of benzene rings is 1. The monoisotopic (exact) mass is 425 g/mol. The first kappa shape index (κ1) is 21.5. The number of fused-ring (bicyclic) bond motifs is 1. The van der Waals surface area contributed by atoms with Gasteiger partial charge in [0, 0.05) is 42.6 Å². The van der Waals surface area contributed by atoms with E-state index in [9.17, 15) is 4.79 Å². The van der Waals surface area contributed by atoms with Crippen molar-refractivity contribution in [1.82, 2.24) is 35.0 Å². The van der Waals surface area contributed by atoms with Gasteiger partial charge in [0.25, 0.3) is 5.56 Å². The van der Waals surface area contributed by atoms with Crippen LogP contribution in [0, 0.1) is 0 Å². The van der Waals surface area contributed by atoms with Gasteiger partial charge in [0.1, 0.15) is 11.8 Å². The number of aromatic amines is 1. The third-order valence-electron chi connectivity index (χ3n) is 5.73. The molecule has 1 saturated heterocycles. The number of pyridine rings is 1. The van der Waals surface area contributed by atoms with Gasteiger partial charge in [-0.1, -0.05) is 0 Å². The van der Waals surface area contributed by atoms with Crippen LogP contribution < -0.4 is 10.3 Å². The second kappa shape index (κ2) is 8.39. The van der Waals surface area contributed by atoms with Gasteiger partial charge in [-0.3, -0.25) is 9.69 Å². The Morgan fingerprint density at radius 3 is 2.58 bits per heavy atom. The predicted octanol–water partition coefficient (Wildman–Crippen LogP) is 2.01. The van der Waals surface area contributed by atoms with Crippen molar-refractivity contribution in [3.63, 3.8) is 0 Å². The minimum Gasteiger partial charge on any atom is -0.494 e. The highest BCUT2D eigenvalue weighted by molar-refractivity contribution is 5.80. The summed E-state index contributed by atoms with van der Waals surface area (Å²) in [6.07, 6.45) is 0. The molecule has 0 aliphatic carbocycles. The van der Waals surface area contributed by atoms with Gasteiger partial charge < -0.3 is 14.6 Å². The van der Waals surface area contributed by atoms with Crippen molar-refractivity contribution < 1.29 is 4.74 Å². The number of nitrogens with zero attached hydrogens (tertiary/aromatic N) is 6. The molecule has 0 saturated carbocycles. The second-order valence-corrected chi connectivity index (χ2v) is 9.10. The molecule has 3 heterocycles. The van der Waals surface area contributed by atoms with Crippen LogP contribution in [0.5, 0.6) is 5.75 Å². The van der Waals surface area contributed by atoms with Crippen LogP contribution in [0.15, 0.2) is 29.1 Å². The predicted molar refractivity (Wildman–Crippen MR) is 119 cm³/mol. The van der Waals surface area contributed by atoms with E-state index in [0.717, 1.165) is 42.8 Å². The molecule has 1 fully saturated rings. The van der Waals surface area contributed by atoms with E-state index < -0.39 is 0 Å². The Kier molecular flexibility index (Phi) is 5.81. The Hall–Kier alpha value is -2.78. The lowest BCUT2D eigenvalue weighted by molar-refractivity contribution is 0.118. The van der Waals surface area contributed by atoms with Gasteiger partial charge in [-0.05, 0) is 69.4 Å². The number of nitrogens with one attached hydrogen (secondary N) is 1. The summed E-state index contributed by atoms with van der Waals surface area (Å²) in [5.41, 5.74) is 0.995. The fourth-order valence-corrected chi connectivity index (χ4v) is 4.08. The number of aromatic nitrogens is 5. The second-order valence-electron chi connectivity index (χ2n) is 9.10. The van der Waals surface area contributed by atoms with Crippen LogP contribution in [0.1, 0.15) is 45.1 Å². The van der Waals surface area contributed by atoms with E-state index in [-0.39, 0.29) is 17.1 Å². The number of H-pyrrole nitrogens is 1. The molecule has 1 atom stereocenters. The van der Waals surface area contributed by atoms with E-state index in [0.29, 0.717) is 18.0 Å². The van der Waals surface area contributed by atoms with E-state index in [1.807, 2.05) is 35.9 Å². The normalized spacial score (nSPS) is 17.2. The van der Waals surface area contributed by atoms with Crippen LogP contribution in [0.3, 0.4) is 0 Å². The zero-order chi connectivity index (χ0) is 22.2. The average Bonchev–Trinajstić information content (AvgIpc) is 3.20. The maximum atomic E-state index is 13.2. The fraction of sp³-hybridized carbons (Fsp3) is 0.545. The van der Waals surface area contributed by atoms with Gasteiger partial charge in [0.15, 0.2) is 5.82 Å². The third kappa shape index (κ3) is 4.33. The SMILES string of the molecule is CCOc1ccc2[nH]c(=O)c([C@H](c3nnnn3C(C)(C)C)N3CCN(C)CC3)cc2c1. The largest absolute Gasteiger partial charge is 0.494 e.